The van der Waals surface area contributed by atoms with Gasteiger partial charge in [-0.2, -0.15) is 0 Å². The summed E-state index contributed by atoms with van der Waals surface area (Å²) in [5, 5.41) is 0. The molecule has 0 nitrogen and oxygen atoms in total. The topological polar surface area (TPSA) is 0 Å². The third-order valence-corrected chi connectivity index (χ3v) is 5.78. The molecule has 0 amide bonds. The summed E-state index contributed by atoms with van der Waals surface area (Å²) in [6, 6.07) is 9.08. The Bertz CT molecular complexity index is 507. The maximum atomic E-state index is 2.55. The lowest BCUT2D eigenvalue weighted by Gasteiger charge is -2.61. The molecule has 3 fully saturated rings. The minimum atomic E-state index is 0.578. The summed E-state index contributed by atoms with van der Waals surface area (Å²) >= 11 is 0. The van der Waals surface area contributed by atoms with E-state index in [9.17, 15) is 0 Å². The van der Waals surface area contributed by atoms with Gasteiger partial charge in [-0.1, -0.05) is 49.8 Å². The first-order chi connectivity index (χ1) is 8.18. The van der Waals surface area contributed by atoms with Gasteiger partial charge in [0.2, 0.25) is 0 Å². The van der Waals surface area contributed by atoms with Crippen molar-refractivity contribution in [1.82, 2.24) is 0 Å². The molecule has 0 heterocycles. The molecule has 1 aromatic carbocycles. The summed E-state index contributed by atoms with van der Waals surface area (Å²) in [6.07, 6.45) is 6.57. The minimum Gasteiger partial charge on any atom is -0.0800 e. The van der Waals surface area contributed by atoms with Gasteiger partial charge in [0, 0.05) is 5.92 Å². The molecule has 0 aromatic heterocycles. The Morgan fingerprint density at radius 1 is 1.12 bits per heavy atom. The van der Waals surface area contributed by atoms with Gasteiger partial charge in [0.1, 0.15) is 0 Å². The molecule has 4 aliphatic carbocycles. The Labute approximate surface area is 104 Å². The van der Waals surface area contributed by atoms with E-state index in [1.807, 2.05) is 0 Å². The van der Waals surface area contributed by atoms with Crippen LogP contribution in [-0.4, -0.2) is 0 Å². The monoisotopic (exact) mass is 224 g/mol. The zero-order chi connectivity index (χ0) is 11.6. The molecular weight excluding hydrogens is 204 g/mol. The van der Waals surface area contributed by atoms with Crippen LogP contribution in [0.5, 0.6) is 0 Å². The summed E-state index contributed by atoms with van der Waals surface area (Å²) in [4.78, 5) is 0. The summed E-state index contributed by atoms with van der Waals surface area (Å²) < 4.78 is 0. The second kappa shape index (κ2) is 3.04. The third kappa shape index (κ3) is 1.14. The summed E-state index contributed by atoms with van der Waals surface area (Å²) in [6.45, 7) is 4.95. The van der Waals surface area contributed by atoms with Gasteiger partial charge in [0.25, 0.3) is 0 Å². The van der Waals surface area contributed by atoms with Crippen molar-refractivity contribution in [2.45, 2.75) is 39.0 Å². The first-order valence-electron chi connectivity index (χ1n) is 6.95. The Kier molecular flexibility index (Phi) is 1.78. The predicted molar refractivity (Wildman–Crippen MR) is 71.0 cm³/mol. The Balaban J connectivity index is 1.80. The van der Waals surface area contributed by atoms with E-state index in [4.69, 9.17) is 0 Å². The van der Waals surface area contributed by atoms with Crippen molar-refractivity contribution in [3.63, 3.8) is 0 Å². The van der Waals surface area contributed by atoms with Crippen molar-refractivity contribution >= 4 is 0 Å². The summed E-state index contributed by atoms with van der Waals surface area (Å²) in [5.74, 6) is 2.59. The maximum absolute atomic E-state index is 2.55. The fourth-order valence-electron chi connectivity index (χ4n) is 4.52. The molecule has 17 heavy (non-hydrogen) atoms. The van der Waals surface area contributed by atoms with Gasteiger partial charge >= 0.3 is 0 Å². The van der Waals surface area contributed by atoms with Crippen LogP contribution in [0.1, 0.15) is 43.7 Å². The fraction of sp³-hybridized carbons (Fsp3) is 0.529. The molecule has 1 aromatic rings. The zero-order valence-electron chi connectivity index (χ0n) is 10.7. The molecular formula is C17H20. The second-order valence-electron chi connectivity index (χ2n) is 6.70. The zero-order valence-corrected chi connectivity index (χ0v) is 10.7. The summed E-state index contributed by atoms with van der Waals surface area (Å²) in [5.41, 5.74) is 5.56. The van der Waals surface area contributed by atoms with E-state index >= 15 is 0 Å². The maximum Gasteiger partial charge on any atom is 0.00569 e. The Morgan fingerprint density at radius 3 is 2.76 bits per heavy atom. The van der Waals surface area contributed by atoms with E-state index in [1.165, 1.54) is 19.3 Å². The second-order valence-corrected chi connectivity index (χ2v) is 6.70. The van der Waals surface area contributed by atoms with E-state index in [1.54, 1.807) is 16.7 Å². The lowest BCUT2D eigenvalue weighted by molar-refractivity contribution is -0.0361. The molecule has 0 saturated heterocycles. The van der Waals surface area contributed by atoms with Crippen LogP contribution in [0, 0.1) is 17.3 Å². The van der Waals surface area contributed by atoms with Crippen LogP contribution in [0.3, 0.4) is 0 Å². The van der Waals surface area contributed by atoms with Crippen molar-refractivity contribution in [3.05, 3.63) is 47.0 Å². The molecule has 0 N–H and O–H groups in total. The number of rotatable bonds is 0. The van der Waals surface area contributed by atoms with Crippen molar-refractivity contribution < 1.29 is 0 Å². The number of hydrogen-bond donors (Lipinski definition) is 0. The molecule has 4 aliphatic rings. The van der Waals surface area contributed by atoms with Crippen LogP contribution in [0.15, 0.2) is 35.9 Å². The number of fused-ring (bicyclic) bond motifs is 1. The van der Waals surface area contributed by atoms with Gasteiger partial charge in [0.15, 0.2) is 0 Å². The van der Waals surface area contributed by atoms with Crippen LogP contribution in [0.4, 0.5) is 0 Å². The van der Waals surface area contributed by atoms with E-state index in [0.717, 1.165) is 17.8 Å². The fourth-order valence-corrected chi connectivity index (χ4v) is 4.52. The number of hydrogen-bond acceptors (Lipinski definition) is 0. The van der Waals surface area contributed by atoms with Gasteiger partial charge < -0.3 is 0 Å². The van der Waals surface area contributed by atoms with E-state index in [2.05, 4.69) is 44.2 Å². The lowest BCUT2D eigenvalue weighted by Crippen LogP contribution is -2.51. The standard InChI is InChI=1S/C17H20/c1-17(2)12-9-15-13-6-4-3-5-11(13)7-8-14(15)16(17)10-12/h3-6,8,12,15-16H,7,9-10H2,1-2H3/t12-,15+,16-/m0/s1. The third-order valence-electron chi connectivity index (χ3n) is 5.78. The van der Waals surface area contributed by atoms with E-state index in [0.29, 0.717) is 5.41 Å². The van der Waals surface area contributed by atoms with Crippen LogP contribution >= 0.6 is 0 Å². The van der Waals surface area contributed by atoms with Gasteiger partial charge in [0.05, 0.1) is 0 Å². The quantitative estimate of drug-likeness (QED) is 0.576. The number of allylic oxidation sites excluding steroid dienone is 2. The number of benzene rings is 1. The van der Waals surface area contributed by atoms with Crippen LogP contribution in [-0.2, 0) is 6.42 Å². The van der Waals surface area contributed by atoms with E-state index < -0.39 is 0 Å². The van der Waals surface area contributed by atoms with Gasteiger partial charge in [-0.05, 0) is 47.6 Å². The van der Waals surface area contributed by atoms with E-state index in [-0.39, 0.29) is 0 Å². The largest absolute Gasteiger partial charge is 0.0800 e. The van der Waals surface area contributed by atoms with Crippen molar-refractivity contribution in [2.24, 2.45) is 17.3 Å². The molecule has 0 aliphatic heterocycles. The normalized spacial score (nSPS) is 36.4. The van der Waals surface area contributed by atoms with Crippen molar-refractivity contribution in [1.29, 1.82) is 0 Å². The lowest BCUT2D eigenvalue weighted by atomic mass is 9.44. The molecule has 0 unspecified atom stereocenters. The average molecular weight is 224 g/mol. The van der Waals surface area contributed by atoms with Crippen molar-refractivity contribution in [2.75, 3.05) is 0 Å². The van der Waals surface area contributed by atoms with Crippen molar-refractivity contribution in [3.8, 4) is 0 Å². The van der Waals surface area contributed by atoms with Crippen LogP contribution in [0.2, 0.25) is 0 Å². The molecule has 2 bridgehead atoms. The first-order valence-corrected chi connectivity index (χ1v) is 6.95. The summed E-state index contributed by atoms with van der Waals surface area (Å²) in [7, 11) is 0. The highest BCUT2D eigenvalue weighted by molar-refractivity contribution is 5.45. The highest BCUT2D eigenvalue weighted by atomic mass is 14.6. The molecule has 88 valence electrons. The SMILES string of the molecule is CC1(C)[C@H]2C[C@H]3C(=CCc4ccccc43)[C@@H]1C2. The first kappa shape index (κ1) is 9.94. The van der Waals surface area contributed by atoms with Crippen LogP contribution in [0.25, 0.3) is 0 Å². The van der Waals surface area contributed by atoms with Crippen LogP contribution < -0.4 is 0 Å². The van der Waals surface area contributed by atoms with Gasteiger partial charge in [-0.15, -0.1) is 0 Å². The average Bonchev–Trinajstić information content (AvgIpc) is 2.37. The predicted octanol–water partition coefficient (Wildman–Crippen LogP) is 4.32. The highest BCUT2D eigenvalue weighted by Crippen LogP contribution is 2.65. The Hall–Kier alpha value is -1.04. The highest BCUT2D eigenvalue weighted by Gasteiger charge is 2.55. The smallest absolute Gasteiger partial charge is 0.00569 e. The molecule has 0 spiro atoms. The molecule has 5 rings (SSSR count). The molecule has 0 heteroatoms. The minimum absolute atomic E-state index is 0.578. The van der Waals surface area contributed by atoms with Gasteiger partial charge in [-0.25, -0.2) is 0 Å². The molecule has 3 atom stereocenters. The molecule has 3 saturated carbocycles. The van der Waals surface area contributed by atoms with Gasteiger partial charge in [-0.3, -0.25) is 0 Å². The molecule has 0 radical (unpaired) electrons. The Morgan fingerprint density at radius 2 is 1.94 bits per heavy atom.